The van der Waals surface area contributed by atoms with Crippen molar-refractivity contribution in [2.45, 2.75) is 11.3 Å². The molecule has 0 saturated heterocycles. The van der Waals surface area contributed by atoms with E-state index in [0.717, 1.165) is 17.3 Å². The fourth-order valence-electron chi connectivity index (χ4n) is 3.97. The standard InChI is InChI=1S/C24H18FN3O4S/c25-19-6-2-3-7-21(19)27-33(31,32)16-9-10-20-17(13-16)23(29)18(14-26-20)24(30)28-12-11-15-5-1-4-8-22(15)28/h1-10,13-14,27H,11-12H2,(H,26,29). The first-order valence-electron chi connectivity index (χ1n) is 10.2. The molecule has 1 aromatic heterocycles. The van der Waals surface area contributed by atoms with Crippen molar-refractivity contribution in [1.29, 1.82) is 0 Å². The van der Waals surface area contributed by atoms with Gasteiger partial charge in [0.1, 0.15) is 11.4 Å². The summed E-state index contributed by atoms with van der Waals surface area (Å²) in [4.78, 5) is 30.6. The number of nitrogens with zero attached hydrogens (tertiary/aromatic N) is 1. The number of carbonyl (C=O) groups excluding carboxylic acids is 1. The first-order valence-corrected chi connectivity index (χ1v) is 11.7. The second-order valence-electron chi connectivity index (χ2n) is 7.66. The lowest BCUT2D eigenvalue weighted by Gasteiger charge is -2.17. The molecule has 0 atom stereocenters. The molecule has 2 N–H and O–H groups in total. The van der Waals surface area contributed by atoms with E-state index in [2.05, 4.69) is 9.71 Å². The number of aromatic amines is 1. The Morgan fingerprint density at radius 3 is 2.61 bits per heavy atom. The van der Waals surface area contributed by atoms with E-state index < -0.39 is 27.2 Å². The smallest absolute Gasteiger partial charge is 0.263 e. The number of para-hydroxylation sites is 2. The molecular weight excluding hydrogens is 445 g/mol. The predicted octanol–water partition coefficient (Wildman–Crippen LogP) is 3.67. The van der Waals surface area contributed by atoms with Gasteiger partial charge in [-0.1, -0.05) is 30.3 Å². The Hall–Kier alpha value is -3.98. The molecule has 33 heavy (non-hydrogen) atoms. The summed E-state index contributed by atoms with van der Waals surface area (Å²) in [6.07, 6.45) is 2.04. The van der Waals surface area contributed by atoms with Gasteiger partial charge in [0.2, 0.25) is 5.43 Å². The highest BCUT2D eigenvalue weighted by molar-refractivity contribution is 7.92. The van der Waals surface area contributed by atoms with Gasteiger partial charge in [0, 0.05) is 29.3 Å². The number of fused-ring (bicyclic) bond motifs is 2. The number of H-pyrrole nitrogens is 1. The van der Waals surface area contributed by atoms with Crippen LogP contribution < -0.4 is 15.1 Å². The first-order chi connectivity index (χ1) is 15.8. The van der Waals surface area contributed by atoms with Gasteiger partial charge in [-0.2, -0.15) is 0 Å². The third-order valence-corrected chi connectivity index (χ3v) is 7.01. The largest absolute Gasteiger partial charge is 0.360 e. The van der Waals surface area contributed by atoms with Crippen molar-refractivity contribution in [2.24, 2.45) is 0 Å². The number of pyridine rings is 1. The van der Waals surface area contributed by atoms with Gasteiger partial charge in [-0.05, 0) is 48.4 Å². The van der Waals surface area contributed by atoms with E-state index in [-0.39, 0.29) is 21.5 Å². The molecule has 0 spiro atoms. The summed E-state index contributed by atoms with van der Waals surface area (Å²) < 4.78 is 41.7. The van der Waals surface area contributed by atoms with Crippen molar-refractivity contribution in [1.82, 2.24) is 4.98 Å². The van der Waals surface area contributed by atoms with Crippen molar-refractivity contribution >= 4 is 38.2 Å². The Balaban J connectivity index is 1.54. The van der Waals surface area contributed by atoms with Gasteiger partial charge in [0.25, 0.3) is 15.9 Å². The summed E-state index contributed by atoms with van der Waals surface area (Å²) in [5.41, 5.74) is 1.28. The van der Waals surface area contributed by atoms with Crippen LogP contribution in [0.2, 0.25) is 0 Å². The minimum Gasteiger partial charge on any atom is -0.360 e. The lowest BCUT2D eigenvalue weighted by atomic mass is 10.1. The summed E-state index contributed by atoms with van der Waals surface area (Å²) in [5.74, 6) is -1.18. The van der Waals surface area contributed by atoms with Crippen molar-refractivity contribution in [3.05, 3.63) is 100 Å². The molecule has 0 bridgehead atoms. The predicted molar refractivity (Wildman–Crippen MR) is 124 cm³/mol. The second-order valence-corrected chi connectivity index (χ2v) is 9.34. The molecular formula is C24H18FN3O4S. The Bertz CT molecular complexity index is 1580. The van der Waals surface area contributed by atoms with Crippen molar-refractivity contribution in [3.63, 3.8) is 0 Å². The molecule has 3 aromatic carbocycles. The van der Waals surface area contributed by atoms with Crippen LogP contribution in [0.3, 0.4) is 0 Å². The fraction of sp³-hybridized carbons (Fsp3) is 0.0833. The maximum Gasteiger partial charge on any atom is 0.263 e. The van der Waals surface area contributed by atoms with Gasteiger partial charge >= 0.3 is 0 Å². The molecule has 5 rings (SSSR count). The molecule has 0 radical (unpaired) electrons. The van der Waals surface area contributed by atoms with Gasteiger partial charge in [0.15, 0.2) is 0 Å². The second kappa shape index (κ2) is 7.86. The highest BCUT2D eigenvalue weighted by Gasteiger charge is 2.27. The number of aromatic nitrogens is 1. The van der Waals surface area contributed by atoms with Crippen molar-refractivity contribution in [2.75, 3.05) is 16.2 Å². The van der Waals surface area contributed by atoms with Gasteiger partial charge < -0.3 is 9.88 Å². The van der Waals surface area contributed by atoms with Crippen molar-refractivity contribution < 1.29 is 17.6 Å². The number of carbonyl (C=O) groups is 1. The van der Waals surface area contributed by atoms with Gasteiger partial charge in [-0.15, -0.1) is 0 Å². The van der Waals surface area contributed by atoms with E-state index in [1.807, 2.05) is 24.3 Å². The number of benzene rings is 3. The first kappa shape index (κ1) is 20.9. The average molecular weight is 463 g/mol. The Labute approximate surface area is 188 Å². The van der Waals surface area contributed by atoms with Crippen LogP contribution in [-0.4, -0.2) is 25.9 Å². The molecule has 2 heterocycles. The quantitative estimate of drug-likeness (QED) is 0.482. The van der Waals surface area contributed by atoms with Gasteiger partial charge in [0.05, 0.1) is 10.6 Å². The van der Waals surface area contributed by atoms with Crippen LogP contribution in [0.5, 0.6) is 0 Å². The Kier molecular flexibility index (Phi) is 4.98. The molecule has 166 valence electrons. The third kappa shape index (κ3) is 3.66. The summed E-state index contributed by atoms with van der Waals surface area (Å²) in [6.45, 7) is 0.455. The minimum atomic E-state index is -4.17. The van der Waals surface area contributed by atoms with E-state index in [0.29, 0.717) is 18.5 Å². The number of sulfonamides is 1. The summed E-state index contributed by atoms with van der Waals surface area (Å²) >= 11 is 0. The topological polar surface area (TPSA) is 99.3 Å². The lowest BCUT2D eigenvalue weighted by molar-refractivity contribution is 0.0988. The summed E-state index contributed by atoms with van der Waals surface area (Å²) in [5, 5.41) is 0.0461. The molecule has 0 aliphatic carbocycles. The van der Waals surface area contributed by atoms with Crippen LogP contribution >= 0.6 is 0 Å². The van der Waals surface area contributed by atoms with E-state index in [4.69, 9.17) is 0 Å². The number of nitrogens with one attached hydrogen (secondary N) is 2. The number of rotatable bonds is 4. The van der Waals surface area contributed by atoms with Crippen molar-refractivity contribution in [3.8, 4) is 0 Å². The molecule has 9 heteroatoms. The van der Waals surface area contributed by atoms with Gasteiger partial charge in [-0.3, -0.25) is 14.3 Å². The third-order valence-electron chi connectivity index (χ3n) is 5.64. The van der Waals surface area contributed by atoms with Crippen LogP contribution in [0.15, 0.2) is 82.6 Å². The number of anilines is 2. The van der Waals surface area contributed by atoms with Crippen LogP contribution in [-0.2, 0) is 16.4 Å². The van der Waals surface area contributed by atoms with Crippen LogP contribution in [0, 0.1) is 5.82 Å². The monoisotopic (exact) mass is 463 g/mol. The van der Waals surface area contributed by atoms with Crippen LogP contribution in [0.4, 0.5) is 15.8 Å². The van der Waals surface area contributed by atoms with Crippen LogP contribution in [0.25, 0.3) is 10.9 Å². The van der Waals surface area contributed by atoms with E-state index >= 15 is 0 Å². The van der Waals surface area contributed by atoms with E-state index in [1.165, 1.54) is 42.6 Å². The Morgan fingerprint density at radius 1 is 1.03 bits per heavy atom. The molecule has 1 aliphatic heterocycles. The number of halogens is 1. The minimum absolute atomic E-state index is 0.0461. The average Bonchev–Trinajstić information content (AvgIpc) is 3.24. The highest BCUT2D eigenvalue weighted by Crippen LogP contribution is 2.28. The SMILES string of the molecule is O=C(c1c[nH]c2ccc(S(=O)(=O)Nc3ccccc3F)cc2c1=O)N1CCc2ccccc21. The normalized spacial score (nSPS) is 13.2. The maximum absolute atomic E-state index is 13.9. The summed E-state index contributed by atoms with van der Waals surface area (Å²) in [7, 11) is -4.17. The zero-order chi connectivity index (χ0) is 23.2. The van der Waals surface area contributed by atoms with Gasteiger partial charge in [-0.25, -0.2) is 12.8 Å². The highest BCUT2D eigenvalue weighted by atomic mass is 32.2. The zero-order valence-corrected chi connectivity index (χ0v) is 18.0. The summed E-state index contributed by atoms with van der Waals surface area (Å²) in [6, 6.07) is 16.8. The fourth-order valence-corrected chi connectivity index (χ4v) is 5.06. The maximum atomic E-state index is 13.9. The number of hydrogen-bond donors (Lipinski definition) is 2. The Morgan fingerprint density at radius 2 is 1.79 bits per heavy atom. The lowest BCUT2D eigenvalue weighted by Crippen LogP contribution is -2.33. The number of amides is 1. The molecule has 0 saturated carbocycles. The molecule has 1 amide bonds. The molecule has 7 nitrogen and oxygen atoms in total. The van der Waals surface area contributed by atoms with E-state index in [9.17, 15) is 22.4 Å². The van der Waals surface area contributed by atoms with Crippen LogP contribution in [0.1, 0.15) is 15.9 Å². The molecule has 0 fully saturated rings. The molecule has 4 aromatic rings. The molecule has 0 unspecified atom stereocenters. The zero-order valence-electron chi connectivity index (χ0n) is 17.2. The van der Waals surface area contributed by atoms with E-state index in [1.54, 1.807) is 4.90 Å². The molecule has 1 aliphatic rings. The number of hydrogen-bond acceptors (Lipinski definition) is 4.